The molecule has 0 aromatic heterocycles. The molecule has 0 spiro atoms. The predicted octanol–water partition coefficient (Wildman–Crippen LogP) is 1.29. The number of carboxylic acids is 1. The number of amides is 3. The first kappa shape index (κ1) is 22.4. The summed E-state index contributed by atoms with van der Waals surface area (Å²) >= 11 is 5.77. The van der Waals surface area contributed by atoms with Gasteiger partial charge in [0.25, 0.3) is 5.91 Å². The lowest BCUT2D eigenvalue weighted by Gasteiger charge is -2.26. The SMILES string of the molecule is CC(=O)NCCN(C(=O)CCCNC(=O)c1ccc(Cl)cc1)C(C)C(=O)O. The number of carboxylic acid groups (broad SMARTS) is 1. The van der Waals surface area contributed by atoms with Crippen LogP contribution in [0.3, 0.4) is 0 Å². The Labute approximate surface area is 162 Å². The normalized spacial score (nSPS) is 11.4. The van der Waals surface area contributed by atoms with Crippen LogP contribution in [-0.4, -0.2) is 59.4 Å². The number of hydrogen-bond donors (Lipinski definition) is 3. The second-order valence-corrected chi connectivity index (χ2v) is 6.39. The van der Waals surface area contributed by atoms with Crippen molar-refractivity contribution in [3.63, 3.8) is 0 Å². The molecule has 0 saturated heterocycles. The maximum Gasteiger partial charge on any atom is 0.326 e. The summed E-state index contributed by atoms with van der Waals surface area (Å²) in [6.07, 6.45) is 0.444. The predicted molar refractivity (Wildman–Crippen MR) is 101 cm³/mol. The van der Waals surface area contributed by atoms with Crippen LogP contribution in [-0.2, 0) is 14.4 Å². The first-order valence-electron chi connectivity index (χ1n) is 8.53. The molecule has 3 N–H and O–H groups in total. The van der Waals surface area contributed by atoms with Crippen LogP contribution >= 0.6 is 11.6 Å². The molecule has 0 fully saturated rings. The van der Waals surface area contributed by atoms with E-state index in [4.69, 9.17) is 16.7 Å². The van der Waals surface area contributed by atoms with E-state index in [1.54, 1.807) is 24.3 Å². The zero-order chi connectivity index (χ0) is 20.4. The lowest BCUT2D eigenvalue weighted by molar-refractivity contribution is -0.149. The molecule has 0 aliphatic rings. The molecule has 27 heavy (non-hydrogen) atoms. The molecule has 0 heterocycles. The summed E-state index contributed by atoms with van der Waals surface area (Å²) in [6, 6.07) is 5.41. The molecule has 1 aromatic carbocycles. The number of halogens is 1. The fourth-order valence-corrected chi connectivity index (χ4v) is 2.43. The van der Waals surface area contributed by atoms with Crippen molar-refractivity contribution in [2.75, 3.05) is 19.6 Å². The molecule has 1 atom stereocenters. The first-order chi connectivity index (χ1) is 12.7. The van der Waals surface area contributed by atoms with Crippen LogP contribution < -0.4 is 10.6 Å². The Balaban J connectivity index is 2.47. The second-order valence-electron chi connectivity index (χ2n) is 5.95. The molecule has 8 nitrogen and oxygen atoms in total. The Morgan fingerprint density at radius 2 is 1.74 bits per heavy atom. The van der Waals surface area contributed by atoms with Crippen LogP contribution in [0.25, 0.3) is 0 Å². The Morgan fingerprint density at radius 3 is 2.30 bits per heavy atom. The summed E-state index contributed by atoms with van der Waals surface area (Å²) in [5.74, 6) is -2.01. The van der Waals surface area contributed by atoms with Crippen molar-refractivity contribution in [2.24, 2.45) is 0 Å². The summed E-state index contributed by atoms with van der Waals surface area (Å²) in [5, 5.41) is 14.9. The third-order valence-corrected chi connectivity index (χ3v) is 4.08. The summed E-state index contributed by atoms with van der Waals surface area (Å²) in [7, 11) is 0. The fourth-order valence-electron chi connectivity index (χ4n) is 2.31. The molecule has 3 amide bonds. The van der Waals surface area contributed by atoms with Gasteiger partial charge in [-0.2, -0.15) is 0 Å². The van der Waals surface area contributed by atoms with Gasteiger partial charge in [-0.1, -0.05) is 11.6 Å². The van der Waals surface area contributed by atoms with Crippen molar-refractivity contribution in [1.82, 2.24) is 15.5 Å². The lowest BCUT2D eigenvalue weighted by atomic mass is 10.2. The van der Waals surface area contributed by atoms with Crippen molar-refractivity contribution < 1.29 is 24.3 Å². The zero-order valence-electron chi connectivity index (χ0n) is 15.3. The molecule has 0 aliphatic heterocycles. The Morgan fingerprint density at radius 1 is 1.11 bits per heavy atom. The lowest BCUT2D eigenvalue weighted by Crippen LogP contribution is -2.46. The van der Waals surface area contributed by atoms with Gasteiger partial charge >= 0.3 is 5.97 Å². The van der Waals surface area contributed by atoms with Crippen molar-refractivity contribution >= 4 is 35.3 Å². The Hall–Kier alpha value is -2.61. The van der Waals surface area contributed by atoms with Gasteiger partial charge in [0.2, 0.25) is 11.8 Å². The molecule has 0 saturated carbocycles. The van der Waals surface area contributed by atoms with Crippen molar-refractivity contribution in [1.29, 1.82) is 0 Å². The highest BCUT2D eigenvalue weighted by molar-refractivity contribution is 6.30. The molecule has 1 rings (SSSR count). The topological polar surface area (TPSA) is 116 Å². The van der Waals surface area contributed by atoms with Gasteiger partial charge in [0, 0.05) is 43.6 Å². The van der Waals surface area contributed by atoms with Gasteiger partial charge in [0.1, 0.15) is 6.04 Å². The van der Waals surface area contributed by atoms with Crippen LogP contribution in [0.2, 0.25) is 5.02 Å². The molecule has 1 aromatic rings. The summed E-state index contributed by atoms with van der Waals surface area (Å²) in [5.41, 5.74) is 0.460. The number of benzene rings is 1. The highest BCUT2D eigenvalue weighted by Crippen LogP contribution is 2.09. The third kappa shape index (κ3) is 8.08. The maximum atomic E-state index is 12.3. The molecule has 1 unspecified atom stereocenters. The Bertz CT molecular complexity index is 678. The highest BCUT2D eigenvalue weighted by atomic mass is 35.5. The summed E-state index contributed by atoms with van der Waals surface area (Å²) in [6.45, 7) is 3.30. The molecule has 0 aliphatic carbocycles. The summed E-state index contributed by atoms with van der Waals surface area (Å²) in [4.78, 5) is 47.6. The van der Waals surface area contributed by atoms with E-state index in [1.807, 2.05) is 0 Å². The standard InChI is InChI=1S/C18H24ClN3O5/c1-12(18(26)27)22(11-10-20-13(2)23)16(24)4-3-9-21-17(25)14-5-7-15(19)8-6-14/h5-8,12H,3-4,9-11H2,1-2H3,(H,20,23)(H,21,25)(H,26,27). The fraction of sp³-hybridized carbons (Fsp3) is 0.444. The van der Waals surface area contributed by atoms with Crippen LogP contribution in [0.1, 0.15) is 37.0 Å². The molecule has 148 valence electrons. The molecule has 0 radical (unpaired) electrons. The number of nitrogens with zero attached hydrogens (tertiary/aromatic N) is 1. The van der Waals surface area contributed by atoms with E-state index in [2.05, 4.69) is 10.6 Å². The molecule has 9 heteroatoms. The van der Waals surface area contributed by atoms with Crippen LogP contribution in [0.5, 0.6) is 0 Å². The Kier molecular flexibility index (Phi) is 9.29. The number of nitrogens with one attached hydrogen (secondary N) is 2. The highest BCUT2D eigenvalue weighted by Gasteiger charge is 2.24. The zero-order valence-corrected chi connectivity index (χ0v) is 16.1. The number of aliphatic carboxylic acids is 1. The molecule has 0 bridgehead atoms. The van der Waals surface area contributed by atoms with Gasteiger partial charge in [-0.3, -0.25) is 14.4 Å². The van der Waals surface area contributed by atoms with Crippen LogP contribution in [0, 0.1) is 0 Å². The third-order valence-electron chi connectivity index (χ3n) is 3.83. The van der Waals surface area contributed by atoms with E-state index in [0.29, 0.717) is 17.0 Å². The number of carbonyl (C=O) groups is 4. The minimum absolute atomic E-state index is 0.0819. The van der Waals surface area contributed by atoms with Gasteiger partial charge in [0.05, 0.1) is 0 Å². The van der Waals surface area contributed by atoms with Gasteiger partial charge in [-0.15, -0.1) is 0 Å². The van der Waals surface area contributed by atoms with E-state index < -0.39 is 12.0 Å². The summed E-state index contributed by atoms with van der Waals surface area (Å²) < 4.78 is 0. The van der Waals surface area contributed by atoms with E-state index in [9.17, 15) is 19.2 Å². The minimum atomic E-state index is -1.12. The minimum Gasteiger partial charge on any atom is -0.480 e. The largest absolute Gasteiger partial charge is 0.480 e. The first-order valence-corrected chi connectivity index (χ1v) is 8.90. The monoisotopic (exact) mass is 397 g/mol. The number of hydrogen-bond acceptors (Lipinski definition) is 4. The van der Waals surface area contributed by atoms with Crippen molar-refractivity contribution in [3.8, 4) is 0 Å². The molecular formula is C18H24ClN3O5. The number of carbonyl (C=O) groups excluding carboxylic acids is 3. The van der Waals surface area contributed by atoms with Crippen LogP contribution in [0.15, 0.2) is 24.3 Å². The van der Waals surface area contributed by atoms with Crippen LogP contribution in [0.4, 0.5) is 0 Å². The average Bonchev–Trinajstić information content (AvgIpc) is 2.61. The average molecular weight is 398 g/mol. The van der Waals surface area contributed by atoms with Gasteiger partial charge < -0.3 is 20.6 Å². The second kappa shape index (κ2) is 11.2. The maximum absolute atomic E-state index is 12.3. The van der Waals surface area contributed by atoms with Crippen molar-refractivity contribution in [2.45, 2.75) is 32.7 Å². The number of rotatable bonds is 10. The molecular weight excluding hydrogens is 374 g/mol. The van der Waals surface area contributed by atoms with Gasteiger partial charge in [-0.25, -0.2) is 4.79 Å². The smallest absolute Gasteiger partial charge is 0.326 e. The van der Waals surface area contributed by atoms with E-state index in [-0.39, 0.29) is 43.8 Å². The van der Waals surface area contributed by atoms with E-state index >= 15 is 0 Å². The van der Waals surface area contributed by atoms with E-state index in [1.165, 1.54) is 18.7 Å². The van der Waals surface area contributed by atoms with E-state index in [0.717, 1.165) is 0 Å². The van der Waals surface area contributed by atoms with Gasteiger partial charge in [0.15, 0.2) is 0 Å². The van der Waals surface area contributed by atoms with Gasteiger partial charge in [-0.05, 0) is 37.6 Å². The van der Waals surface area contributed by atoms with Crippen molar-refractivity contribution in [3.05, 3.63) is 34.9 Å². The quantitative estimate of drug-likeness (QED) is 0.514.